The van der Waals surface area contributed by atoms with Crippen LogP contribution in [-0.4, -0.2) is 31.3 Å². The van der Waals surface area contributed by atoms with Crippen LogP contribution >= 0.6 is 0 Å². The minimum absolute atomic E-state index is 0.0241. The van der Waals surface area contributed by atoms with Gasteiger partial charge in [0.15, 0.2) is 0 Å². The van der Waals surface area contributed by atoms with Crippen molar-refractivity contribution < 1.29 is 9.53 Å². The molecule has 0 radical (unpaired) electrons. The van der Waals surface area contributed by atoms with Gasteiger partial charge in [-0.3, -0.25) is 0 Å². The average molecular weight is 282 g/mol. The molecule has 0 spiro atoms. The standard InChI is InChI=1S/C16H30N2O2/c1-11(12-6-5-7-12)18-15(19)17-10-13-8-9-20-14(13)16(2,3)4/h11-14H,5-10H2,1-4H3,(H2,17,18,19)/t11?,13-,14+/m1/s1. The molecule has 2 N–H and O–H groups in total. The Hall–Kier alpha value is -0.770. The molecule has 2 rings (SSSR count). The van der Waals surface area contributed by atoms with E-state index in [0.717, 1.165) is 13.0 Å². The number of ether oxygens (including phenoxy) is 1. The normalized spacial score (nSPS) is 28.8. The lowest BCUT2D eigenvalue weighted by Gasteiger charge is -2.33. The first-order chi connectivity index (χ1) is 9.38. The van der Waals surface area contributed by atoms with E-state index in [-0.39, 0.29) is 17.6 Å². The molecule has 1 aliphatic heterocycles. The van der Waals surface area contributed by atoms with Gasteiger partial charge in [0.2, 0.25) is 0 Å². The fourth-order valence-electron chi connectivity index (χ4n) is 3.34. The summed E-state index contributed by atoms with van der Waals surface area (Å²) in [5.41, 5.74) is 0.137. The second-order valence-electron chi connectivity index (χ2n) is 7.54. The predicted molar refractivity (Wildman–Crippen MR) is 80.6 cm³/mol. The monoisotopic (exact) mass is 282 g/mol. The molecule has 1 heterocycles. The number of amides is 2. The van der Waals surface area contributed by atoms with Gasteiger partial charge in [-0.05, 0) is 37.5 Å². The molecule has 2 aliphatic rings. The number of rotatable bonds is 4. The second-order valence-corrected chi connectivity index (χ2v) is 7.54. The van der Waals surface area contributed by atoms with Crippen LogP contribution in [-0.2, 0) is 4.74 Å². The van der Waals surface area contributed by atoms with Crippen molar-refractivity contribution in [2.24, 2.45) is 17.3 Å². The fraction of sp³-hybridized carbons (Fsp3) is 0.938. The Morgan fingerprint density at radius 3 is 2.55 bits per heavy atom. The van der Waals surface area contributed by atoms with Crippen LogP contribution in [0, 0.1) is 17.3 Å². The lowest BCUT2D eigenvalue weighted by atomic mass is 9.80. The van der Waals surface area contributed by atoms with Crippen LogP contribution in [0.25, 0.3) is 0 Å². The van der Waals surface area contributed by atoms with E-state index in [4.69, 9.17) is 4.74 Å². The molecule has 1 aliphatic carbocycles. The molecule has 2 amide bonds. The SMILES string of the molecule is CC(NC(=O)NC[C@H]1CCO[C@@H]1C(C)(C)C)C1CCC1. The first kappa shape index (κ1) is 15.6. The minimum Gasteiger partial charge on any atom is -0.377 e. The third-order valence-corrected chi connectivity index (χ3v) is 4.81. The maximum absolute atomic E-state index is 11.9. The van der Waals surface area contributed by atoms with Crippen molar-refractivity contribution in [3.05, 3.63) is 0 Å². The summed E-state index contributed by atoms with van der Waals surface area (Å²) in [6, 6.07) is 0.269. The summed E-state index contributed by atoms with van der Waals surface area (Å²) in [7, 11) is 0. The minimum atomic E-state index is -0.0241. The Morgan fingerprint density at radius 1 is 1.30 bits per heavy atom. The van der Waals surface area contributed by atoms with Gasteiger partial charge in [0.25, 0.3) is 0 Å². The van der Waals surface area contributed by atoms with E-state index in [1.54, 1.807) is 0 Å². The Labute approximate surface area is 123 Å². The largest absolute Gasteiger partial charge is 0.377 e. The fourth-order valence-corrected chi connectivity index (χ4v) is 3.34. The zero-order valence-electron chi connectivity index (χ0n) is 13.4. The molecule has 1 saturated heterocycles. The van der Waals surface area contributed by atoms with Gasteiger partial charge < -0.3 is 15.4 Å². The Bertz CT molecular complexity index is 334. The molecule has 2 fully saturated rings. The number of nitrogens with one attached hydrogen (secondary N) is 2. The lowest BCUT2D eigenvalue weighted by Crippen LogP contribution is -2.47. The van der Waals surface area contributed by atoms with Crippen LogP contribution in [0.3, 0.4) is 0 Å². The molecule has 0 bridgehead atoms. The van der Waals surface area contributed by atoms with Crippen molar-refractivity contribution in [1.29, 1.82) is 0 Å². The quantitative estimate of drug-likeness (QED) is 0.833. The van der Waals surface area contributed by atoms with Crippen molar-refractivity contribution in [2.75, 3.05) is 13.2 Å². The highest BCUT2D eigenvalue weighted by atomic mass is 16.5. The highest BCUT2D eigenvalue weighted by Gasteiger charge is 2.37. The summed E-state index contributed by atoms with van der Waals surface area (Å²) < 4.78 is 5.84. The van der Waals surface area contributed by atoms with Gasteiger partial charge in [-0.1, -0.05) is 27.2 Å². The van der Waals surface area contributed by atoms with E-state index in [2.05, 4.69) is 38.3 Å². The summed E-state index contributed by atoms with van der Waals surface area (Å²) in [5.74, 6) is 1.11. The highest BCUT2D eigenvalue weighted by molar-refractivity contribution is 5.74. The van der Waals surface area contributed by atoms with Gasteiger partial charge >= 0.3 is 6.03 Å². The zero-order chi connectivity index (χ0) is 14.8. The summed E-state index contributed by atoms with van der Waals surface area (Å²) in [6.07, 6.45) is 5.10. The molecule has 0 aromatic carbocycles. The van der Waals surface area contributed by atoms with Crippen LogP contribution in [0.1, 0.15) is 53.4 Å². The number of hydrogen-bond acceptors (Lipinski definition) is 2. The van der Waals surface area contributed by atoms with Crippen LogP contribution in [0.5, 0.6) is 0 Å². The summed E-state index contributed by atoms with van der Waals surface area (Å²) in [4.78, 5) is 11.9. The van der Waals surface area contributed by atoms with Crippen molar-refractivity contribution in [3.8, 4) is 0 Å². The first-order valence-corrected chi connectivity index (χ1v) is 8.04. The molecule has 0 aromatic rings. The molecule has 0 aromatic heterocycles. The van der Waals surface area contributed by atoms with E-state index in [1.807, 2.05) is 0 Å². The second kappa shape index (κ2) is 6.33. The van der Waals surface area contributed by atoms with E-state index >= 15 is 0 Å². The molecule has 4 nitrogen and oxygen atoms in total. The molecule has 20 heavy (non-hydrogen) atoms. The van der Waals surface area contributed by atoms with E-state index < -0.39 is 0 Å². The van der Waals surface area contributed by atoms with Gasteiger partial charge in [0, 0.05) is 25.1 Å². The Kier molecular flexibility index (Phi) is 4.95. The van der Waals surface area contributed by atoms with Crippen LogP contribution < -0.4 is 10.6 Å². The first-order valence-electron chi connectivity index (χ1n) is 8.04. The topological polar surface area (TPSA) is 50.4 Å². The predicted octanol–water partition coefficient (Wildman–Crippen LogP) is 2.93. The van der Waals surface area contributed by atoms with Gasteiger partial charge in [-0.25, -0.2) is 4.79 Å². The van der Waals surface area contributed by atoms with Gasteiger partial charge in [0.05, 0.1) is 6.10 Å². The summed E-state index contributed by atoms with van der Waals surface area (Å²) in [6.45, 7) is 10.2. The van der Waals surface area contributed by atoms with Crippen LogP contribution in [0.2, 0.25) is 0 Å². The Morgan fingerprint density at radius 2 is 2.00 bits per heavy atom. The zero-order valence-corrected chi connectivity index (χ0v) is 13.4. The third kappa shape index (κ3) is 3.87. The highest BCUT2D eigenvalue weighted by Crippen LogP contribution is 2.34. The number of carbonyl (C=O) groups excluding carboxylic acids is 1. The van der Waals surface area contributed by atoms with Crippen LogP contribution in [0.15, 0.2) is 0 Å². The Balaban J connectivity index is 1.72. The molecule has 116 valence electrons. The van der Waals surface area contributed by atoms with E-state index in [9.17, 15) is 4.79 Å². The molecular weight excluding hydrogens is 252 g/mol. The smallest absolute Gasteiger partial charge is 0.315 e. The van der Waals surface area contributed by atoms with E-state index in [1.165, 1.54) is 19.3 Å². The maximum Gasteiger partial charge on any atom is 0.315 e. The molecule has 4 heteroatoms. The van der Waals surface area contributed by atoms with Crippen molar-refractivity contribution in [2.45, 2.75) is 65.5 Å². The molecule has 1 saturated carbocycles. The van der Waals surface area contributed by atoms with Gasteiger partial charge in [-0.2, -0.15) is 0 Å². The van der Waals surface area contributed by atoms with Crippen LogP contribution in [0.4, 0.5) is 4.79 Å². The van der Waals surface area contributed by atoms with Crippen molar-refractivity contribution in [1.82, 2.24) is 10.6 Å². The van der Waals surface area contributed by atoms with Crippen molar-refractivity contribution >= 4 is 6.03 Å². The number of hydrogen-bond donors (Lipinski definition) is 2. The third-order valence-electron chi connectivity index (χ3n) is 4.81. The summed E-state index contributed by atoms with van der Waals surface area (Å²) >= 11 is 0. The van der Waals surface area contributed by atoms with E-state index in [0.29, 0.717) is 24.4 Å². The average Bonchev–Trinajstić information content (AvgIpc) is 2.71. The lowest BCUT2D eigenvalue weighted by molar-refractivity contribution is 0.00772. The van der Waals surface area contributed by atoms with Gasteiger partial charge in [-0.15, -0.1) is 0 Å². The summed E-state index contributed by atoms with van der Waals surface area (Å²) in [5, 5.41) is 6.10. The number of carbonyl (C=O) groups is 1. The molecular formula is C16H30N2O2. The maximum atomic E-state index is 11.9. The molecule has 1 unspecified atom stereocenters. The molecule has 3 atom stereocenters. The van der Waals surface area contributed by atoms with Gasteiger partial charge in [0.1, 0.15) is 0 Å². The van der Waals surface area contributed by atoms with Crippen molar-refractivity contribution in [3.63, 3.8) is 0 Å². The number of urea groups is 1.